The van der Waals surface area contributed by atoms with E-state index in [0.717, 1.165) is 39.0 Å². The monoisotopic (exact) mass is 315 g/mol. The van der Waals surface area contributed by atoms with Gasteiger partial charge in [0.2, 0.25) is 5.91 Å². The topological polar surface area (TPSA) is 52.7 Å². The van der Waals surface area contributed by atoms with Crippen molar-refractivity contribution < 1.29 is 9.59 Å². The molecule has 0 bridgehead atoms. The van der Waals surface area contributed by atoms with E-state index in [1.807, 2.05) is 23.1 Å². The fourth-order valence-corrected chi connectivity index (χ4v) is 3.35. The Morgan fingerprint density at radius 1 is 0.957 bits per heavy atom. The Kier molecular flexibility index (Phi) is 5.28. The van der Waals surface area contributed by atoms with E-state index >= 15 is 0 Å². The number of piperidine rings is 1. The van der Waals surface area contributed by atoms with E-state index in [9.17, 15) is 9.59 Å². The lowest BCUT2D eigenvalue weighted by Gasteiger charge is -2.25. The molecule has 23 heavy (non-hydrogen) atoms. The Bertz CT molecular complexity index is 561. The van der Waals surface area contributed by atoms with Gasteiger partial charge in [-0.3, -0.25) is 14.5 Å². The number of hydrogen-bond acceptors (Lipinski definition) is 3. The number of nitrogens with zero attached hydrogens (tertiary/aromatic N) is 2. The van der Waals surface area contributed by atoms with Crippen molar-refractivity contribution in [3.05, 3.63) is 29.8 Å². The van der Waals surface area contributed by atoms with Crippen LogP contribution >= 0.6 is 0 Å². The van der Waals surface area contributed by atoms with Crippen LogP contribution in [0.15, 0.2) is 24.3 Å². The summed E-state index contributed by atoms with van der Waals surface area (Å²) in [5, 5.41) is 2.92. The minimum Gasteiger partial charge on any atom is -0.339 e. The number of hydrogen-bond donors (Lipinski definition) is 1. The summed E-state index contributed by atoms with van der Waals surface area (Å²) in [6.07, 6.45) is 5.77. The van der Waals surface area contributed by atoms with Gasteiger partial charge in [-0.25, -0.2) is 0 Å². The average molecular weight is 315 g/mol. The van der Waals surface area contributed by atoms with Crippen LogP contribution in [-0.2, 0) is 4.79 Å². The lowest BCUT2D eigenvalue weighted by molar-refractivity contribution is -0.117. The summed E-state index contributed by atoms with van der Waals surface area (Å²) in [4.78, 5) is 28.7. The number of benzene rings is 1. The van der Waals surface area contributed by atoms with Gasteiger partial charge in [0, 0.05) is 24.3 Å². The summed E-state index contributed by atoms with van der Waals surface area (Å²) < 4.78 is 0. The Morgan fingerprint density at radius 2 is 1.65 bits per heavy atom. The zero-order valence-electron chi connectivity index (χ0n) is 13.6. The van der Waals surface area contributed by atoms with Crippen LogP contribution < -0.4 is 5.32 Å². The second-order valence-corrected chi connectivity index (χ2v) is 6.47. The second-order valence-electron chi connectivity index (χ2n) is 6.47. The van der Waals surface area contributed by atoms with Crippen molar-refractivity contribution in [2.24, 2.45) is 0 Å². The van der Waals surface area contributed by atoms with E-state index in [1.165, 1.54) is 19.3 Å². The summed E-state index contributed by atoms with van der Waals surface area (Å²) in [5.41, 5.74) is 1.36. The summed E-state index contributed by atoms with van der Waals surface area (Å²) in [5.74, 6) is 0.0623. The van der Waals surface area contributed by atoms with Crippen LogP contribution in [0.3, 0.4) is 0 Å². The van der Waals surface area contributed by atoms with Crippen LogP contribution in [0.2, 0.25) is 0 Å². The third kappa shape index (κ3) is 4.32. The second kappa shape index (κ2) is 7.59. The molecule has 1 aromatic carbocycles. The molecule has 0 atom stereocenters. The number of amides is 2. The number of rotatable bonds is 4. The summed E-state index contributed by atoms with van der Waals surface area (Å²) in [6.45, 7) is 4.11. The highest BCUT2D eigenvalue weighted by Crippen LogP contribution is 2.16. The number of carbonyl (C=O) groups is 2. The van der Waals surface area contributed by atoms with Gasteiger partial charge >= 0.3 is 0 Å². The van der Waals surface area contributed by atoms with Gasteiger partial charge in [0.25, 0.3) is 5.91 Å². The standard InChI is InChI=1S/C18H25N3O2/c22-17(14-20-9-2-1-3-10-20)19-16-8-6-7-15(13-16)18(23)21-11-4-5-12-21/h6-8,13H,1-5,9-12,14H2,(H,19,22). The van der Waals surface area contributed by atoms with Gasteiger partial charge in [-0.2, -0.15) is 0 Å². The molecule has 1 aromatic rings. The molecule has 0 spiro atoms. The molecule has 124 valence electrons. The first kappa shape index (κ1) is 16.0. The van der Waals surface area contributed by atoms with Gasteiger partial charge in [0.05, 0.1) is 6.54 Å². The van der Waals surface area contributed by atoms with E-state index in [2.05, 4.69) is 10.2 Å². The number of anilines is 1. The predicted molar refractivity (Wildman–Crippen MR) is 90.5 cm³/mol. The van der Waals surface area contributed by atoms with Gasteiger partial charge in [-0.1, -0.05) is 12.5 Å². The lowest BCUT2D eigenvalue weighted by Crippen LogP contribution is -2.36. The minimum absolute atomic E-state index is 0.00216. The third-order valence-corrected chi connectivity index (χ3v) is 4.60. The SMILES string of the molecule is O=C(CN1CCCCC1)Nc1cccc(C(=O)N2CCCC2)c1. The van der Waals surface area contributed by atoms with Gasteiger partial charge in [-0.05, 0) is 57.0 Å². The molecule has 5 nitrogen and oxygen atoms in total. The van der Waals surface area contributed by atoms with Gasteiger partial charge in [0.15, 0.2) is 0 Å². The molecule has 2 aliphatic rings. The molecule has 0 saturated carbocycles. The lowest BCUT2D eigenvalue weighted by atomic mass is 10.1. The van der Waals surface area contributed by atoms with Crippen LogP contribution in [0.1, 0.15) is 42.5 Å². The smallest absolute Gasteiger partial charge is 0.253 e. The van der Waals surface area contributed by atoms with Crippen LogP contribution in [0.25, 0.3) is 0 Å². The molecule has 1 N–H and O–H groups in total. The molecule has 0 unspecified atom stereocenters. The zero-order chi connectivity index (χ0) is 16.1. The van der Waals surface area contributed by atoms with E-state index < -0.39 is 0 Å². The molecule has 0 radical (unpaired) electrons. The van der Waals surface area contributed by atoms with E-state index in [1.54, 1.807) is 6.07 Å². The molecular formula is C18H25N3O2. The fraction of sp³-hybridized carbons (Fsp3) is 0.556. The molecular weight excluding hydrogens is 290 g/mol. The third-order valence-electron chi connectivity index (χ3n) is 4.60. The van der Waals surface area contributed by atoms with Crippen molar-refractivity contribution >= 4 is 17.5 Å². The van der Waals surface area contributed by atoms with Crippen LogP contribution in [0, 0.1) is 0 Å². The summed E-state index contributed by atoms with van der Waals surface area (Å²) in [6, 6.07) is 7.28. The van der Waals surface area contributed by atoms with Gasteiger partial charge in [0.1, 0.15) is 0 Å². The summed E-state index contributed by atoms with van der Waals surface area (Å²) in [7, 11) is 0. The molecule has 0 aliphatic carbocycles. The van der Waals surface area contributed by atoms with E-state index in [0.29, 0.717) is 17.8 Å². The van der Waals surface area contributed by atoms with E-state index in [4.69, 9.17) is 0 Å². The highest BCUT2D eigenvalue weighted by molar-refractivity contribution is 5.97. The first-order chi connectivity index (χ1) is 11.2. The van der Waals surface area contributed by atoms with Crippen LogP contribution in [0.4, 0.5) is 5.69 Å². The van der Waals surface area contributed by atoms with Crippen LogP contribution in [0.5, 0.6) is 0 Å². The van der Waals surface area contributed by atoms with Gasteiger partial charge < -0.3 is 10.2 Å². The zero-order valence-corrected chi connectivity index (χ0v) is 13.6. The number of nitrogens with one attached hydrogen (secondary N) is 1. The quantitative estimate of drug-likeness (QED) is 0.928. The molecule has 2 heterocycles. The maximum atomic E-state index is 12.4. The first-order valence-electron chi connectivity index (χ1n) is 8.64. The normalized spacial score (nSPS) is 18.9. The molecule has 2 fully saturated rings. The minimum atomic E-state index is -0.00216. The van der Waals surface area contributed by atoms with Crippen molar-refractivity contribution in [2.75, 3.05) is 38.0 Å². The average Bonchev–Trinajstić information content (AvgIpc) is 3.09. The first-order valence-corrected chi connectivity index (χ1v) is 8.64. The molecule has 3 rings (SSSR count). The van der Waals surface area contributed by atoms with Crippen molar-refractivity contribution in [1.29, 1.82) is 0 Å². The van der Waals surface area contributed by atoms with Crippen molar-refractivity contribution in [3.8, 4) is 0 Å². The Morgan fingerprint density at radius 3 is 2.39 bits per heavy atom. The predicted octanol–water partition coefficient (Wildman–Crippen LogP) is 2.35. The fourth-order valence-electron chi connectivity index (χ4n) is 3.35. The summed E-state index contributed by atoms with van der Waals surface area (Å²) >= 11 is 0. The van der Waals surface area contributed by atoms with E-state index in [-0.39, 0.29) is 11.8 Å². The van der Waals surface area contributed by atoms with Crippen LogP contribution in [-0.4, -0.2) is 54.3 Å². The maximum Gasteiger partial charge on any atom is 0.253 e. The van der Waals surface area contributed by atoms with Crippen molar-refractivity contribution in [1.82, 2.24) is 9.80 Å². The maximum absolute atomic E-state index is 12.4. The highest BCUT2D eigenvalue weighted by Gasteiger charge is 2.20. The Balaban J connectivity index is 1.58. The van der Waals surface area contributed by atoms with Crippen molar-refractivity contribution in [3.63, 3.8) is 0 Å². The Labute approximate surface area is 137 Å². The highest BCUT2D eigenvalue weighted by atomic mass is 16.2. The Hall–Kier alpha value is -1.88. The number of carbonyl (C=O) groups excluding carboxylic acids is 2. The number of likely N-dealkylation sites (tertiary alicyclic amines) is 2. The van der Waals surface area contributed by atoms with Gasteiger partial charge in [-0.15, -0.1) is 0 Å². The molecule has 2 amide bonds. The molecule has 2 aliphatic heterocycles. The largest absolute Gasteiger partial charge is 0.339 e. The van der Waals surface area contributed by atoms with Crippen molar-refractivity contribution in [2.45, 2.75) is 32.1 Å². The molecule has 2 saturated heterocycles. The molecule has 5 heteroatoms. The molecule has 0 aromatic heterocycles.